The zero-order valence-electron chi connectivity index (χ0n) is 12.0. The topological polar surface area (TPSA) is 38.0 Å². The summed E-state index contributed by atoms with van der Waals surface area (Å²) in [7, 11) is 0. The lowest BCUT2D eigenvalue weighted by Gasteiger charge is -2.22. The largest absolute Gasteiger partial charge is 0.330 e. The average molecular weight is 260 g/mol. The smallest absolute Gasteiger partial charge is 0.000834 e. The first-order valence-corrected chi connectivity index (χ1v) is 7.90. The van der Waals surface area contributed by atoms with Crippen molar-refractivity contribution in [1.82, 2.24) is 5.32 Å². The molecule has 0 heterocycles. The van der Waals surface area contributed by atoms with E-state index in [-0.39, 0.29) is 0 Å². The van der Waals surface area contributed by atoms with Crippen molar-refractivity contribution in [1.29, 1.82) is 0 Å². The molecule has 1 saturated carbocycles. The summed E-state index contributed by atoms with van der Waals surface area (Å²) in [6.07, 6.45) is 9.23. The molecule has 1 fully saturated rings. The lowest BCUT2D eigenvalue weighted by Crippen LogP contribution is -2.20. The lowest BCUT2D eigenvalue weighted by molar-refractivity contribution is 0.443. The summed E-state index contributed by atoms with van der Waals surface area (Å²) in [5.74, 6) is 0.825. The number of hydrogen-bond acceptors (Lipinski definition) is 2. The first-order valence-electron chi connectivity index (χ1n) is 7.90. The monoisotopic (exact) mass is 260 g/mol. The second kappa shape index (κ2) is 8.34. The van der Waals surface area contributed by atoms with Gasteiger partial charge in [0.15, 0.2) is 0 Å². The highest BCUT2D eigenvalue weighted by molar-refractivity contribution is 5.25. The quantitative estimate of drug-likeness (QED) is 0.739. The Labute approximate surface area is 117 Å². The van der Waals surface area contributed by atoms with Crippen LogP contribution in [-0.4, -0.2) is 19.6 Å². The van der Waals surface area contributed by atoms with Crippen LogP contribution in [0.1, 0.15) is 55.6 Å². The van der Waals surface area contributed by atoms with Crippen molar-refractivity contribution in [2.24, 2.45) is 5.73 Å². The second-order valence-electron chi connectivity index (χ2n) is 5.72. The highest BCUT2D eigenvalue weighted by Crippen LogP contribution is 2.32. The van der Waals surface area contributed by atoms with Crippen molar-refractivity contribution in [2.45, 2.75) is 50.9 Å². The molecule has 2 rings (SSSR count). The van der Waals surface area contributed by atoms with Crippen LogP contribution in [0.2, 0.25) is 0 Å². The van der Waals surface area contributed by atoms with Gasteiger partial charge in [-0.25, -0.2) is 0 Å². The van der Waals surface area contributed by atoms with Gasteiger partial charge in [0, 0.05) is 0 Å². The Balaban J connectivity index is 1.74. The summed E-state index contributed by atoms with van der Waals surface area (Å²) in [4.78, 5) is 0. The Morgan fingerprint density at radius 1 is 1.00 bits per heavy atom. The number of rotatable bonds is 7. The maximum atomic E-state index is 5.47. The predicted molar refractivity (Wildman–Crippen MR) is 82.5 cm³/mol. The molecule has 19 heavy (non-hydrogen) atoms. The maximum Gasteiger partial charge on any atom is -0.000834 e. The summed E-state index contributed by atoms with van der Waals surface area (Å²) in [5.41, 5.74) is 8.47. The van der Waals surface area contributed by atoms with Crippen molar-refractivity contribution < 1.29 is 0 Å². The molecule has 1 aromatic rings. The van der Waals surface area contributed by atoms with Gasteiger partial charge >= 0.3 is 0 Å². The van der Waals surface area contributed by atoms with E-state index in [1.807, 2.05) is 0 Å². The lowest BCUT2D eigenvalue weighted by atomic mass is 9.84. The normalized spacial score (nSPS) is 16.7. The van der Waals surface area contributed by atoms with Crippen molar-refractivity contribution >= 4 is 0 Å². The molecule has 2 nitrogen and oxygen atoms in total. The van der Waals surface area contributed by atoms with Gasteiger partial charge in [-0.2, -0.15) is 0 Å². The molecule has 0 saturated heterocycles. The Bertz CT molecular complexity index is 339. The van der Waals surface area contributed by atoms with Gasteiger partial charge in [-0.1, -0.05) is 43.5 Å². The van der Waals surface area contributed by atoms with Crippen LogP contribution < -0.4 is 11.1 Å². The molecule has 0 aromatic heterocycles. The molecule has 1 aliphatic rings. The molecule has 0 amide bonds. The Kier molecular flexibility index (Phi) is 6.38. The fourth-order valence-electron chi connectivity index (χ4n) is 2.98. The molecule has 0 aliphatic heterocycles. The van der Waals surface area contributed by atoms with E-state index in [1.54, 1.807) is 5.56 Å². The maximum absolute atomic E-state index is 5.47. The molecule has 0 unspecified atom stereocenters. The molecule has 0 atom stereocenters. The molecular formula is C17H28N2. The van der Waals surface area contributed by atoms with Crippen molar-refractivity contribution in [2.75, 3.05) is 19.6 Å². The minimum absolute atomic E-state index is 0.781. The van der Waals surface area contributed by atoms with Gasteiger partial charge in [-0.15, -0.1) is 0 Å². The molecule has 0 radical (unpaired) electrons. The number of nitrogens with one attached hydrogen (secondary N) is 1. The van der Waals surface area contributed by atoms with Crippen LogP contribution in [0, 0.1) is 0 Å². The van der Waals surface area contributed by atoms with E-state index in [9.17, 15) is 0 Å². The first-order chi connectivity index (χ1) is 9.40. The molecular weight excluding hydrogens is 232 g/mol. The molecule has 1 aliphatic carbocycles. The summed E-state index contributed by atoms with van der Waals surface area (Å²) in [6.45, 7) is 2.88. The van der Waals surface area contributed by atoms with Crippen LogP contribution >= 0.6 is 0 Å². The van der Waals surface area contributed by atoms with Crippen LogP contribution in [0.15, 0.2) is 24.3 Å². The van der Waals surface area contributed by atoms with E-state index >= 15 is 0 Å². The van der Waals surface area contributed by atoms with Gasteiger partial charge in [0.25, 0.3) is 0 Å². The van der Waals surface area contributed by atoms with Crippen LogP contribution in [0.25, 0.3) is 0 Å². The van der Waals surface area contributed by atoms with Crippen LogP contribution in [-0.2, 0) is 6.42 Å². The van der Waals surface area contributed by atoms with Crippen molar-refractivity contribution in [3.05, 3.63) is 35.4 Å². The SMILES string of the molecule is NCCCNCCc1ccc(C2CCCCC2)cc1. The molecule has 106 valence electrons. The fourth-order valence-corrected chi connectivity index (χ4v) is 2.98. The van der Waals surface area contributed by atoms with Gasteiger partial charge in [-0.05, 0) is 62.4 Å². The van der Waals surface area contributed by atoms with Crippen LogP contribution in [0.4, 0.5) is 0 Å². The summed E-state index contributed by atoms with van der Waals surface area (Å²) in [6, 6.07) is 9.33. The van der Waals surface area contributed by atoms with Crippen LogP contribution in [0.5, 0.6) is 0 Å². The summed E-state index contributed by atoms with van der Waals surface area (Å²) < 4.78 is 0. The Morgan fingerprint density at radius 2 is 1.74 bits per heavy atom. The van der Waals surface area contributed by atoms with Gasteiger partial charge in [0.2, 0.25) is 0 Å². The summed E-state index contributed by atoms with van der Waals surface area (Å²) >= 11 is 0. The van der Waals surface area contributed by atoms with E-state index in [0.717, 1.165) is 38.4 Å². The highest BCUT2D eigenvalue weighted by atomic mass is 14.8. The van der Waals surface area contributed by atoms with E-state index in [0.29, 0.717) is 0 Å². The van der Waals surface area contributed by atoms with E-state index in [1.165, 1.54) is 37.7 Å². The Morgan fingerprint density at radius 3 is 2.42 bits per heavy atom. The van der Waals surface area contributed by atoms with Crippen LogP contribution in [0.3, 0.4) is 0 Å². The fraction of sp³-hybridized carbons (Fsp3) is 0.647. The zero-order valence-corrected chi connectivity index (χ0v) is 12.0. The van der Waals surface area contributed by atoms with E-state index in [4.69, 9.17) is 5.73 Å². The van der Waals surface area contributed by atoms with Gasteiger partial charge in [-0.3, -0.25) is 0 Å². The molecule has 2 heteroatoms. The van der Waals surface area contributed by atoms with Gasteiger partial charge in [0.05, 0.1) is 0 Å². The molecule has 0 bridgehead atoms. The minimum Gasteiger partial charge on any atom is -0.330 e. The standard InChI is InChI=1S/C17H28N2/c18-12-4-13-19-14-11-15-7-9-17(10-8-15)16-5-2-1-3-6-16/h7-10,16,19H,1-6,11-14,18H2. The first kappa shape index (κ1) is 14.5. The summed E-state index contributed by atoms with van der Waals surface area (Å²) in [5, 5.41) is 3.43. The third kappa shape index (κ3) is 4.96. The zero-order chi connectivity index (χ0) is 13.3. The Hall–Kier alpha value is -0.860. The highest BCUT2D eigenvalue weighted by Gasteiger charge is 2.14. The predicted octanol–water partition coefficient (Wildman–Crippen LogP) is 3.22. The van der Waals surface area contributed by atoms with Crippen molar-refractivity contribution in [3.63, 3.8) is 0 Å². The number of benzene rings is 1. The number of nitrogens with two attached hydrogens (primary N) is 1. The number of hydrogen-bond donors (Lipinski definition) is 2. The second-order valence-corrected chi connectivity index (χ2v) is 5.72. The molecule has 3 N–H and O–H groups in total. The third-order valence-corrected chi connectivity index (χ3v) is 4.20. The van der Waals surface area contributed by atoms with E-state index < -0.39 is 0 Å². The van der Waals surface area contributed by atoms with Gasteiger partial charge < -0.3 is 11.1 Å². The third-order valence-electron chi connectivity index (χ3n) is 4.20. The molecule has 1 aromatic carbocycles. The average Bonchev–Trinajstić information content (AvgIpc) is 2.49. The van der Waals surface area contributed by atoms with Crippen molar-refractivity contribution in [3.8, 4) is 0 Å². The van der Waals surface area contributed by atoms with Gasteiger partial charge in [0.1, 0.15) is 0 Å². The minimum atomic E-state index is 0.781. The van der Waals surface area contributed by atoms with E-state index in [2.05, 4.69) is 29.6 Å². The molecule has 0 spiro atoms.